The van der Waals surface area contributed by atoms with E-state index in [2.05, 4.69) is 24.3 Å². The second-order valence-corrected chi connectivity index (χ2v) is 5.23. The van der Waals surface area contributed by atoms with Crippen molar-refractivity contribution in [2.24, 2.45) is 11.8 Å². The summed E-state index contributed by atoms with van der Waals surface area (Å²) in [6, 6.07) is 0.721. The van der Waals surface area contributed by atoms with Crippen molar-refractivity contribution >= 4 is 5.91 Å². The number of carbonyl (C=O) groups is 1. The summed E-state index contributed by atoms with van der Waals surface area (Å²) in [6.07, 6.45) is 8.13. The van der Waals surface area contributed by atoms with Crippen LogP contribution in [0.3, 0.4) is 0 Å². The van der Waals surface area contributed by atoms with Gasteiger partial charge in [-0.2, -0.15) is 0 Å². The van der Waals surface area contributed by atoms with Crippen LogP contribution in [-0.4, -0.2) is 30.4 Å². The highest BCUT2D eigenvalue weighted by Gasteiger charge is 2.22. The van der Waals surface area contributed by atoms with E-state index in [4.69, 9.17) is 5.84 Å². The summed E-state index contributed by atoms with van der Waals surface area (Å²) >= 11 is 0. The van der Waals surface area contributed by atoms with Crippen LogP contribution in [0.15, 0.2) is 0 Å². The lowest BCUT2D eigenvalue weighted by Gasteiger charge is -2.34. The SMILES string of the molecule is CCC1CCC(N(C)CCCC(=O)NN)CC1. The predicted octanol–water partition coefficient (Wildman–Crippen LogP) is 1.66. The van der Waals surface area contributed by atoms with Crippen molar-refractivity contribution in [1.29, 1.82) is 0 Å². The van der Waals surface area contributed by atoms with Gasteiger partial charge in [-0.25, -0.2) is 5.84 Å². The van der Waals surface area contributed by atoms with E-state index >= 15 is 0 Å². The smallest absolute Gasteiger partial charge is 0.233 e. The molecule has 0 saturated heterocycles. The van der Waals surface area contributed by atoms with Gasteiger partial charge in [0.05, 0.1) is 0 Å². The lowest BCUT2D eigenvalue weighted by atomic mass is 9.84. The average Bonchev–Trinajstić information content (AvgIpc) is 2.38. The summed E-state index contributed by atoms with van der Waals surface area (Å²) in [5, 5.41) is 0. The van der Waals surface area contributed by atoms with Gasteiger partial charge in [-0.3, -0.25) is 10.2 Å². The fourth-order valence-corrected chi connectivity index (χ4v) is 2.74. The molecule has 3 N–H and O–H groups in total. The van der Waals surface area contributed by atoms with Gasteiger partial charge in [0.1, 0.15) is 0 Å². The third-order valence-electron chi connectivity index (χ3n) is 4.09. The van der Waals surface area contributed by atoms with E-state index in [0.29, 0.717) is 6.42 Å². The van der Waals surface area contributed by atoms with Gasteiger partial charge >= 0.3 is 0 Å². The molecule has 1 aliphatic rings. The van der Waals surface area contributed by atoms with E-state index < -0.39 is 0 Å². The first kappa shape index (κ1) is 14.5. The molecule has 0 aromatic rings. The van der Waals surface area contributed by atoms with Crippen molar-refractivity contribution in [3.8, 4) is 0 Å². The Bertz CT molecular complexity index is 225. The molecule has 0 aromatic heterocycles. The minimum Gasteiger partial charge on any atom is -0.303 e. The number of hydrogen-bond acceptors (Lipinski definition) is 3. The molecule has 100 valence electrons. The number of nitrogens with two attached hydrogens (primary N) is 1. The van der Waals surface area contributed by atoms with Crippen molar-refractivity contribution in [1.82, 2.24) is 10.3 Å². The first-order chi connectivity index (χ1) is 8.17. The molecule has 4 nitrogen and oxygen atoms in total. The van der Waals surface area contributed by atoms with E-state index in [0.717, 1.165) is 24.9 Å². The Morgan fingerprint density at radius 2 is 2.00 bits per heavy atom. The van der Waals surface area contributed by atoms with Gasteiger partial charge in [0.2, 0.25) is 5.91 Å². The Hall–Kier alpha value is -0.610. The quantitative estimate of drug-likeness (QED) is 0.422. The molecule has 1 rings (SSSR count). The molecule has 0 radical (unpaired) electrons. The van der Waals surface area contributed by atoms with Gasteiger partial charge in [0.25, 0.3) is 0 Å². The van der Waals surface area contributed by atoms with Crippen molar-refractivity contribution in [3.63, 3.8) is 0 Å². The molecule has 17 heavy (non-hydrogen) atoms. The molecule has 1 aliphatic carbocycles. The number of carbonyl (C=O) groups excluding carboxylic acids is 1. The van der Waals surface area contributed by atoms with Crippen LogP contribution in [0.25, 0.3) is 0 Å². The van der Waals surface area contributed by atoms with Crippen LogP contribution in [0.1, 0.15) is 51.9 Å². The Kier molecular flexibility index (Phi) is 6.52. The highest BCUT2D eigenvalue weighted by Crippen LogP contribution is 2.28. The monoisotopic (exact) mass is 241 g/mol. The highest BCUT2D eigenvalue weighted by molar-refractivity contribution is 5.75. The molecule has 0 unspecified atom stereocenters. The van der Waals surface area contributed by atoms with E-state index in [1.54, 1.807) is 0 Å². The molecule has 0 atom stereocenters. The summed E-state index contributed by atoms with van der Waals surface area (Å²) in [4.78, 5) is 13.4. The molecule has 0 spiro atoms. The van der Waals surface area contributed by atoms with Gasteiger partial charge < -0.3 is 4.90 Å². The fourth-order valence-electron chi connectivity index (χ4n) is 2.74. The van der Waals surface area contributed by atoms with Gasteiger partial charge in [-0.15, -0.1) is 0 Å². The zero-order valence-corrected chi connectivity index (χ0v) is 11.2. The molecule has 1 fully saturated rings. The minimum atomic E-state index is -0.0620. The van der Waals surface area contributed by atoms with Crippen LogP contribution in [0.5, 0.6) is 0 Å². The third kappa shape index (κ3) is 5.04. The normalized spacial score (nSPS) is 24.9. The van der Waals surface area contributed by atoms with Crippen LogP contribution in [-0.2, 0) is 4.79 Å². The summed E-state index contributed by atoms with van der Waals surface area (Å²) in [7, 11) is 2.18. The second-order valence-electron chi connectivity index (χ2n) is 5.23. The van der Waals surface area contributed by atoms with Gasteiger partial charge in [-0.05, 0) is 51.6 Å². The lowest BCUT2D eigenvalue weighted by molar-refractivity contribution is -0.121. The molecule has 0 aliphatic heterocycles. The molecule has 0 bridgehead atoms. The number of hydrogen-bond donors (Lipinski definition) is 2. The maximum absolute atomic E-state index is 11.0. The van der Waals surface area contributed by atoms with Crippen molar-refractivity contribution < 1.29 is 4.79 Å². The van der Waals surface area contributed by atoms with Crippen molar-refractivity contribution in [2.75, 3.05) is 13.6 Å². The van der Waals surface area contributed by atoms with Crippen LogP contribution in [0.4, 0.5) is 0 Å². The predicted molar refractivity (Wildman–Crippen MR) is 70.2 cm³/mol. The standard InChI is InChI=1S/C13H27N3O/c1-3-11-6-8-12(9-7-11)16(2)10-4-5-13(17)15-14/h11-12H,3-10,14H2,1-2H3,(H,15,17). The minimum absolute atomic E-state index is 0.0620. The molecule has 0 heterocycles. The lowest BCUT2D eigenvalue weighted by Crippen LogP contribution is -2.36. The molecule has 1 amide bonds. The van der Waals surface area contributed by atoms with Crippen LogP contribution < -0.4 is 11.3 Å². The molecule has 4 heteroatoms. The molecular weight excluding hydrogens is 214 g/mol. The molecule has 1 saturated carbocycles. The molecular formula is C13H27N3O. The average molecular weight is 241 g/mol. The van der Waals surface area contributed by atoms with Crippen LogP contribution in [0, 0.1) is 5.92 Å². The molecule has 0 aromatic carbocycles. The summed E-state index contributed by atoms with van der Waals surface area (Å²) in [5.74, 6) is 5.93. The van der Waals surface area contributed by atoms with E-state index in [-0.39, 0.29) is 5.91 Å². The zero-order valence-electron chi connectivity index (χ0n) is 11.2. The van der Waals surface area contributed by atoms with Crippen LogP contribution in [0.2, 0.25) is 0 Å². The van der Waals surface area contributed by atoms with Crippen molar-refractivity contribution in [3.05, 3.63) is 0 Å². The Balaban J connectivity index is 2.15. The highest BCUT2D eigenvalue weighted by atomic mass is 16.2. The first-order valence-corrected chi connectivity index (χ1v) is 6.87. The number of nitrogens with zero attached hydrogens (tertiary/aromatic N) is 1. The van der Waals surface area contributed by atoms with Crippen molar-refractivity contribution in [2.45, 2.75) is 57.9 Å². The summed E-state index contributed by atoms with van der Waals surface area (Å²) in [5.41, 5.74) is 2.17. The summed E-state index contributed by atoms with van der Waals surface area (Å²) < 4.78 is 0. The van der Waals surface area contributed by atoms with E-state index in [1.807, 2.05) is 0 Å². The van der Waals surface area contributed by atoms with Crippen LogP contribution >= 0.6 is 0 Å². The van der Waals surface area contributed by atoms with E-state index in [9.17, 15) is 4.79 Å². The number of hydrazine groups is 1. The number of amides is 1. The Morgan fingerprint density at radius 3 is 2.53 bits per heavy atom. The number of rotatable bonds is 6. The van der Waals surface area contributed by atoms with Gasteiger partial charge in [0.15, 0.2) is 0 Å². The van der Waals surface area contributed by atoms with Gasteiger partial charge in [0, 0.05) is 12.5 Å². The fraction of sp³-hybridized carbons (Fsp3) is 0.923. The zero-order chi connectivity index (χ0) is 12.7. The summed E-state index contributed by atoms with van der Waals surface area (Å²) in [6.45, 7) is 3.29. The Morgan fingerprint density at radius 1 is 1.35 bits per heavy atom. The maximum atomic E-state index is 11.0. The number of nitrogens with one attached hydrogen (secondary N) is 1. The van der Waals surface area contributed by atoms with E-state index in [1.165, 1.54) is 32.1 Å². The third-order valence-corrected chi connectivity index (χ3v) is 4.09. The van der Waals surface area contributed by atoms with Gasteiger partial charge in [-0.1, -0.05) is 13.3 Å². The topological polar surface area (TPSA) is 58.4 Å². The Labute approximate surface area is 105 Å². The largest absolute Gasteiger partial charge is 0.303 e. The maximum Gasteiger partial charge on any atom is 0.233 e. The first-order valence-electron chi connectivity index (χ1n) is 6.87. The second kappa shape index (κ2) is 7.67.